The molecule has 0 fully saturated rings. The number of hydrogen-bond acceptors (Lipinski definition) is 6. The Hall–Kier alpha value is -5.22. The van der Waals surface area contributed by atoms with Gasteiger partial charge in [-0.25, -0.2) is 0 Å². The highest BCUT2D eigenvalue weighted by molar-refractivity contribution is 8.00. The van der Waals surface area contributed by atoms with Gasteiger partial charge in [0.25, 0.3) is 17.5 Å². The summed E-state index contributed by atoms with van der Waals surface area (Å²) in [5, 5.41) is 19.7. The Morgan fingerprint density at radius 3 is 2.32 bits per heavy atom. The van der Waals surface area contributed by atoms with Gasteiger partial charge in [0.2, 0.25) is 5.91 Å². The lowest BCUT2D eigenvalue weighted by Crippen LogP contribution is -2.30. The summed E-state index contributed by atoms with van der Waals surface area (Å²) in [5.74, 6) is -1.24. The van der Waals surface area contributed by atoms with Crippen molar-refractivity contribution in [3.8, 4) is 0 Å². The first-order chi connectivity index (χ1) is 19.8. The lowest BCUT2D eigenvalue weighted by atomic mass is 10.1. The molecular weight excluding hydrogens is 540 g/mol. The van der Waals surface area contributed by atoms with E-state index in [2.05, 4.69) is 16.0 Å². The Labute approximate surface area is 240 Å². The first-order valence-corrected chi connectivity index (χ1v) is 13.5. The van der Waals surface area contributed by atoms with Gasteiger partial charge in [0, 0.05) is 27.9 Å². The molecule has 0 radical (unpaired) electrons. The minimum absolute atomic E-state index is 0.153. The summed E-state index contributed by atoms with van der Waals surface area (Å²) in [6.07, 6.45) is 1.27. The number of rotatable bonds is 10. The SMILES string of the molecule is Cc1ccccc1NC(=O)CSc1cccc(NC(=O)/C(=C\c2ccccc2[N+](=O)[O-])NC(=O)c2ccccc2)c1. The minimum atomic E-state index is -0.674. The number of carbonyl (C=O) groups is 3. The molecule has 0 aromatic heterocycles. The molecule has 0 aliphatic carbocycles. The van der Waals surface area contributed by atoms with Gasteiger partial charge in [-0.1, -0.05) is 54.6 Å². The zero-order valence-electron chi connectivity index (χ0n) is 22.0. The molecule has 3 N–H and O–H groups in total. The van der Waals surface area contributed by atoms with Crippen LogP contribution in [0.3, 0.4) is 0 Å². The third-order valence-corrected chi connectivity index (χ3v) is 6.84. The van der Waals surface area contributed by atoms with Gasteiger partial charge in [-0.2, -0.15) is 0 Å². The number of nitro groups is 1. The molecule has 4 rings (SSSR count). The zero-order chi connectivity index (χ0) is 29.2. The van der Waals surface area contributed by atoms with E-state index in [1.807, 2.05) is 37.3 Å². The van der Waals surface area contributed by atoms with Gasteiger partial charge in [-0.3, -0.25) is 24.5 Å². The summed E-state index contributed by atoms with van der Waals surface area (Å²) in [5.41, 5.74) is 2.20. The topological polar surface area (TPSA) is 130 Å². The Morgan fingerprint density at radius 1 is 0.854 bits per heavy atom. The number of aryl methyl sites for hydroxylation is 1. The smallest absolute Gasteiger partial charge is 0.276 e. The van der Waals surface area contributed by atoms with E-state index in [1.54, 1.807) is 54.6 Å². The monoisotopic (exact) mass is 566 g/mol. The van der Waals surface area contributed by atoms with Crippen LogP contribution in [0.2, 0.25) is 0 Å². The van der Waals surface area contributed by atoms with E-state index in [0.29, 0.717) is 11.3 Å². The predicted molar refractivity (Wildman–Crippen MR) is 161 cm³/mol. The van der Waals surface area contributed by atoms with E-state index < -0.39 is 16.7 Å². The fourth-order valence-electron chi connectivity index (χ4n) is 3.78. The fraction of sp³-hybridized carbons (Fsp3) is 0.0645. The van der Waals surface area contributed by atoms with Crippen LogP contribution >= 0.6 is 11.8 Å². The van der Waals surface area contributed by atoms with Crippen molar-refractivity contribution in [2.24, 2.45) is 0 Å². The number of anilines is 2. The quantitative estimate of drug-likeness (QED) is 0.0928. The van der Waals surface area contributed by atoms with Crippen LogP contribution in [0.1, 0.15) is 21.5 Å². The number of benzene rings is 4. The number of para-hydroxylation sites is 2. The summed E-state index contributed by atoms with van der Waals surface area (Å²) < 4.78 is 0. The molecule has 4 aromatic rings. The maximum Gasteiger partial charge on any atom is 0.276 e. The fourth-order valence-corrected chi connectivity index (χ4v) is 4.54. The van der Waals surface area contributed by atoms with E-state index in [4.69, 9.17) is 0 Å². The van der Waals surface area contributed by atoms with Crippen LogP contribution in [-0.2, 0) is 9.59 Å². The van der Waals surface area contributed by atoms with Crippen molar-refractivity contribution in [3.63, 3.8) is 0 Å². The van der Waals surface area contributed by atoms with Crippen molar-refractivity contribution in [2.75, 3.05) is 16.4 Å². The summed E-state index contributed by atoms with van der Waals surface area (Å²) in [7, 11) is 0. The Bertz CT molecular complexity index is 1620. The normalized spacial score (nSPS) is 10.9. The zero-order valence-corrected chi connectivity index (χ0v) is 22.8. The lowest BCUT2D eigenvalue weighted by Gasteiger charge is -2.12. The molecule has 9 nitrogen and oxygen atoms in total. The van der Waals surface area contributed by atoms with Crippen LogP contribution in [0.5, 0.6) is 0 Å². The van der Waals surface area contributed by atoms with Crippen molar-refractivity contribution in [3.05, 3.63) is 136 Å². The molecule has 0 spiro atoms. The Morgan fingerprint density at radius 2 is 1.56 bits per heavy atom. The van der Waals surface area contributed by atoms with Gasteiger partial charge < -0.3 is 16.0 Å². The highest BCUT2D eigenvalue weighted by Crippen LogP contribution is 2.24. The van der Waals surface area contributed by atoms with Crippen LogP contribution in [0, 0.1) is 17.0 Å². The van der Waals surface area contributed by atoms with Gasteiger partial charge in [0.05, 0.1) is 16.2 Å². The summed E-state index contributed by atoms with van der Waals surface area (Å²) in [6, 6.07) is 28.6. The summed E-state index contributed by atoms with van der Waals surface area (Å²) >= 11 is 1.30. The van der Waals surface area contributed by atoms with Crippen LogP contribution in [0.4, 0.5) is 17.1 Å². The molecule has 0 bridgehead atoms. The number of nitrogens with one attached hydrogen (secondary N) is 3. The number of nitro benzene ring substituents is 1. The average Bonchev–Trinajstić information content (AvgIpc) is 2.97. The number of thioether (sulfide) groups is 1. The van der Waals surface area contributed by atoms with E-state index in [-0.39, 0.29) is 28.6 Å². The second-order valence-electron chi connectivity index (χ2n) is 8.83. The first kappa shape index (κ1) is 28.8. The van der Waals surface area contributed by atoms with Crippen molar-refractivity contribution in [2.45, 2.75) is 11.8 Å². The molecule has 3 amide bonds. The van der Waals surface area contributed by atoms with Crippen molar-refractivity contribution >= 4 is 52.6 Å². The maximum absolute atomic E-state index is 13.3. The standard InChI is InChI=1S/C31H26N4O5S/c1-21-10-5-7-16-26(21)33-29(36)20-41-25-15-9-14-24(19-25)32-31(38)27(34-30(37)22-11-3-2-4-12-22)18-23-13-6-8-17-28(23)35(39)40/h2-19H,20H2,1H3,(H,32,38)(H,33,36)(H,34,37)/b27-18+. The van der Waals surface area contributed by atoms with Gasteiger partial charge >= 0.3 is 0 Å². The molecule has 0 saturated carbocycles. The molecule has 206 valence electrons. The molecular formula is C31H26N4O5S. The van der Waals surface area contributed by atoms with E-state index in [1.165, 1.54) is 36.0 Å². The van der Waals surface area contributed by atoms with Crippen molar-refractivity contribution in [1.29, 1.82) is 0 Å². The largest absolute Gasteiger partial charge is 0.325 e. The molecule has 0 heterocycles. The van der Waals surface area contributed by atoms with E-state index in [0.717, 1.165) is 16.1 Å². The molecule has 0 unspecified atom stereocenters. The number of hydrogen-bond donors (Lipinski definition) is 3. The second kappa shape index (κ2) is 13.7. The number of amides is 3. The molecule has 0 aliphatic rings. The van der Waals surface area contributed by atoms with Crippen LogP contribution in [0.25, 0.3) is 6.08 Å². The molecule has 10 heteroatoms. The van der Waals surface area contributed by atoms with E-state index in [9.17, 15) is 24.5 Å². The van der Waals surface area contributed by atoms with E-state index >= 15 is 0 Å². The third-order valence-electron chi connectivity index (χ3n) is 5.84. The van der Waals surface area contributed by atoms with Crippen LogP contribution in [-0.4, -0.2) is 28.4 Å². The Kier molecular flexibility index (Phi) is 9.63. The van der Waals surface area contributed by atoms with Crippen LogP contribution in [0.15, 0.2) is 114 Å². The molecule has 41 heavy (non-hydrogen) atoms. The molecule has 0 aliphatic heterocycles. The van der Waals surface area contributed by atoms with Crippen molar-refractivity contribution < 1.29 is 19.3 Å². The van der Waals surface area contributed by atoms with Crippen LogP contribution < -0.4 is 16.0 Å². The first-order valence-electron chi connectivity index (χ1n) is 12.5. The third kappa shape index (κ3) is 8.13. The maximum atomic E-state index is 13.3. The minimum Gasteiger partial charge on any atom is -0.325 e. The van der Waals surface area contributed by atoms with Crippen molar-refractivity contribution in [1.82, 2.24) is 5.32 Å². The number of carbonyl (C=O) groups excluding carboxylic acids is 3. The van der Waals surface area contributed by atoms with Gasteiger partial charge in [0.1, 0.15) is 5.70 Å². The van der Waals surface area contributed by atoms with Gasteiger partial charge in [-0.05, 0) is 61.0 Å². The highest BCUT2D eigenvalue weighted by atomic mass is 32.2. The highest BCUT2D eigenvalue weighted by Gasteiger charge is 2.18. The Balaban J connectivity index is 1.50. The second-order valence-corrected chi connectivity index (χ2v) is 9.88. The molecule has 4 aromatic carbocycles. The number of nitrogens with zero attached hydrogens (tertiary/aromatic N) is 1. The van der Waals surface area contributed by atoms with Gasteiger partial charge in [-0.15, -0.1) is 11.8 Å². The average molecular weight is 567 g/mol. The van der Waals surface area contributed by atoms with Gasteiger partial charge in [0.15, 0.2) is 0 Å². The molecule has 0 atom stereocenters. The molecule has 0 saturated heterocycles. The summed E-state index contributed by atoms with van der Waals surface area (Å²) in [6.45, 7) is 1.91. The lowest BCUT2D eigenvalue weighted by molar-refractivity contribution is -0.385. The predicted octanol–water partition coefficient (Wildman–Crippen LogP) is 6.04. The summed E-state index contributed by atoms with van der Waals surface area (Å²) in [4.78, 5) is 50.4.